The van der Waals surface area contributed by atoms with Crippen LogP contribution >= 0.6 is 7.82 Å². The Hall–Kier alpha value is -2.03. The summed E-state index contributed by atoms with van der Waals surface area (Å²) in [5.41, 5.74) is 0. The molecule has 0 aromatic heterocycles. The number of likely N-dealkylation sites (N-methyl/N-ethyl adjacent to an activating group) is 1. The number of unbranched alkanes of at least 4 members (excludes halogenated alkanes) is 33. The van der Waals surface area contributed by atoms with Gasteiger partial charge in [-0.1, -0.05) is 256 Å². The third-order valence-electron chi connectivity index (χ3n) is 13.5. The maximum Gasteiger partial charge on any atom is 0.306 e. The van der Waals surface area contributed by atoms with Crippen molar-refractivity contribution in [1.29, 1.82) is 0 Å². The second kappa shape index (κ2) is 52.4. The van der Waals surface area contributed by atoms with Gasteiger partial charge in [-0.3, -0.25) is 14.2 Å². The third kappa shape index (κ3) is 52.8. The molecule has 0 bridgehead atoms. The highest BCUT2D eigenvalue weighted by atomic mass is 31.2. The average Bonchev–Trinajstić information content (AvgIpc) is 3.34. The van der Waals surface area contributed by atoms with Crippen molar-refractivity contribution in [2.75, 3.05) is 40.9 Å². The summed E-state index contributed by atoms with van der Waals surface area (Å²) in [5.74, 6) is -0.557. The lowest BCUT2D eigenvalue weighted by Gasteiger charge is -2.30. The quantitative estimate of drug-likeness (QED) is 0.0212. The predicted octanol–water partition coefficient (Wildman–Crippen LogP) is 17.9. The molecule has 3 atom stereocenters. The fourth-order valence-corrected chi connectivity index (χ4v) is 9.55. The summed E-state index contributed by atoms with van der Waals surface area (Å²) in [7, 11) is 1.17. The van der Waals surface area contributed by atoms with E-state index in [4.69, 9.17) is 13.8 Å². The number of nitrogens with one attached hydrogen (secondary N) is 1. The molecule has 0 radical (unpaired) electrons. The van der Waals surface area contributed by atoms with Crippen molar-refractivity contribution >= 4 is 19.7 Å². The van der Waals surface area contributed by atoms with Gasteiger partial charge in [-0.25, -0.2) is 0 Å². The molecule has 3 unspecified atom stereocenters. The molecule has 0 aromatic rings. The van der Waals surface area contributed by atoms with Gasteiger partial charge in [0.1, 0.15) is 19.3 Å². The first kappa shape index (κ1) is 70.0. The van der Waals surface area contributed by atoms with Crippen molar-refractivity contribution in [3.63, 3.8) is 0 Å². The normalized spacial score (nSPS) is 14.0. The van der Waals surface area contributed by atoms with E-state index in [1.165, 1.54) is 161 Å². The minimum atomic E-state index is -4.70. The first-order valence-corrected chi connectivity index (χ1v) is 31.9. The molecule has 0 aliphatic carbocycles. The van der Waals surface area contributed by atoms with E-state index >= 15 is 0 Å². The van der Waals surface area contributed by atoms with Crippen LogP contribution in [0.1, 0.15) is 284 Å². The van der Waals surface area contributed by atoms with E-state index in [1.807, 2.05) is 33.3 Å². The number of hydrogen-bond acceptors (Lipinski definition) is 7. The fourth-order valence-electron chi connectivity index (χ4n) is 8.83. The molecule has 0 aliphatic heterocycles. The number of carbonyl (C=O) groups is 2. The first-order valence-electron chi connectivity index (χ1n) is 30.4. The molecule has 1 amide bonds. The summed E-state index contributed by atoms with van der Waals surface area (Å²) in [6.45, 7) is 6.74. The maximum atomic E-state index is 13.5. The van der Waals surface area contributed by atoms with Crippen LogP contribution in [-0.4, -0.2) is 69.4 Å². The van der Waals surface area contributed by atoms with Gasteiger partial charge < -0.3 is 28.5 Å². The van der Waals surface area contributed by atoms with Crippen LogP contribution in [0.4, 0.5) is 0 Å². The number of allylic oxidation sites excluding steroid dienone is 7. The van der Waals surface area contributed by atoms with Gasteiger partial charge in [0.2, 0.25) is 5.91 Å². The zero-order valence-corrected chi connectivity index (χ0v) is 49.0. The molecule has 9 nitrogen and oxygen atoms in total. The van der Waals surface area contributed by atoms with Crippen molar-refractivity contribution in [1.82, 2.24) is 5.32 Å². The molecule has 0 rings (SSSR count). The highest BCUT2D eigenvalue weighted by Gasteiger charge is 2.27. The lowest BCUT2D eigenvalue weighted by Crippen LogP contribution is -2.47. The van der Waals surface area contributed by atoms with E-state index in [2.05, 4.69) is 62.5 Å². The Balaban J connectivity index is 5.29. The number of nitrogens with zero attached hydrogens (tertiary/aromatic N) is 1. The van der Waals surface area contributed by atoms with Crippen LogP contribution in [0.2, 0.25) is 0 Å². The summed E-state index contributed by atoms with van der Waals surface area (Å²) in [4.78, 5) is 39.9. The number of amides is 1. The Morgan fingerprint density at radius 2 is 0.889 bits per heavy atom. The summed E-state index contributed by atoms with van der Waals surface area (Å²) in [6, 6.07) is -0.897. The molecule has 72 heavy (non-hydrogen) atoms. The van der Waals surface area contributed by atoms with Crippen molar-refractivity contribution in [2.45, 2.75) is 296 Å². The van der Waals surface area contributed by atoms with Crippen LogP contribution in [-0.2, 0) is 27.9 Å². The van der Waals surface area contributed by atoms with Gasteiger partial charge in [0, 0.05) is 12.8 Å². The first-order chi connectivity index (χ1) is 34.9. The second-order valence-corrected chi connectivity index (χ2v) is 23.2. The van der Waals surface area contributed by atoms with E-state index in [-0.39, 0.29) is 24.9 Å². The highest BCUT2D eigenvalue weighted by molar-refractivity contribution is 7.45. The minimum Gasteiger partial charge on any atom is -0.756 e. The number of carbonyl (C=O) groups excluding carboxylic acids is 2. The van der Waals surface area contributed by atoms with Crippen molar-refractivity contribution < 1.29 is 37.3 Å². The van der Waals surface area contributed by atoms with Crippen molar-refractivity contribution in [3.8, 4) is 0 Å². The lowest BCUT2D eigenvalue weighted by molar-refractivity contribution is -0.870. The van der Waals surface area contributed by atoms with Gasteiger partial charge in [0.05, 0.1) is 33.8 Å². The zero-order valence-electron chi connectivity index (χ0n) is 48.1. The monoisotopic (exact) mass is 1030 g/mol. The molecule has 0 heterocycles. The van der Waals surface area contributed by atoms with Crippen LogP contribution in [0, 0.1) is 0 Å². The highest BCUT2D eigenvalue weighted by Crippen LogP contribution is 2.38. The Bertz CT molecular complexity index is 1380. The molecule has 0 fully saturated rings. The Kier molecular flexibility index (Phi) is 50.9. The topological polar surface area (TPSA) is 114 Å². The van der Waals surface area contributed by atoms with E-state index in [1.54, 1.807) is 0 Å². The van der Waals surface area contributed by atoms with E-state index in [0.29, 0.717) is 23.9 Å². The number of rotatable bonds is 55. The molecular weight excluding hydrogens is 916 g/mol. The van der Waals surface area contributed by atoms with Gasteiger partial charge in [0.15, 0.2) is 0 Å². The number of phosphoric acid groups is 1. The summed E-state index contributed by atoms with van der Waals surface area (Å²) < 4.78 is 30.3. The average molecular weight is 1030 g/mol. The summed E-state index contributed by atoms with van der Waals surface area (Å²) in [6.07, 6.45) is 63.6. The molecule has 10 heteroatoms. The van der Waals surface area contributed by atoms with Crippen LogP contribution in [0.15, 0.2) is 48.6 Å². The smallest absolute Gasteiger partial charge is 0.306 e. The molecule has 1 N–H and O–H groups in total. The Morgan fingerprint density at radius 1 is 0.500 bits per heavy atom. The molecule has 0 aliphatic rings. The lowest BCUT2D eigenvalue weighted by atomic mass is 10.0. The number of quaternary nitrogens is 1. The largest absolute Gasteiger partial charge is 0.756 e. The van der Waals surface area contributed by atoms with Gasteiger partial charge >= 0.3 is 5.97 Å². The summed E-state index contributed by atoms with van der Waals surface area (Å²) in [5, 5.41) is 3.01. The maximum absolute atomic E-state index is 13.5. The molecule has 0 aromatic carbocycles. The Labute approximate surface area is 446 Å². The molecular formula is C62H117N2O7P. The number of phosphoric ester groups is 1. The van der Waals surface area contributed by atoms with Crippen LogP contribution in [0.3, 0.4) is 0 Å². The third-order valence-corrected chi connectivity index (χ3v) is 14.5. The van der Waals surface area contributed by atoms with Crippen molar-refractivity contribution in [3.05, 3.63) is 48.6 Å². The van der Waals surface area contributed by atoms with Crippen LogP contribution in [0.5, 0.6) is 0 Å². The standard InChI is InChI=1S/C62H117N2O7P/c1-7-10-13-16-19-22-25-28-30-31-32-33-34-37-40-43-46-49-52-55-62(66)71-60(53-50-47-44-41-38-35-27-24-21-18-15-12-9-3)59(58-70-72(67,68)69-57-56-64(4,5)6)63-61(65)54-51-48-45-42-39-36-29-26-23-20-17-14-11-8-2/h11,14,20,23,29,36,50,53,59-60H,7-10,12-13,15-19,21-22,24-28,30-35,37-49,51-52,54-58H2,1-6H3,(H-,63,65,67,68)/b14-11+,23-20+,36-29+,53-50+. The van der Waals surface area contributed by atoms with Crippen LogP contribution in [0.25, 0.3) is 0 Å². The van der Waals surface area contributed by atoms with Crippen LogP contribution < -0.4 is 10.2 Å². The molecule has 0 saturated carbocycles. The fraction of sp³-hybridized carbons (Fsp3) is 0.839. The van der Waals surface area contributed by atoms with Gasteiger partial charge in [-0.15, -0.1) is 0 Å². The number of esters is 1. The molecule has 0 saturated heterocycles. The van der Waals surface area contributed by atoms with E-state index in [9.17, 15) is 19.0 Å². The summed E-state index contributed by atoms with van der Waals surface area (Å²) >= 11 is 0. The van der Waals surface area contributed by atoms with E-state index < -0.39 is 26.6 Å². The van der Waals surface area contributed by atoms with Gasteiger partial charge in [0.25, 0.3) is 7.82 Å². The van der Waals surface area contributed by atoms with Gasteiger partial charge in [-0.05, 0) is 63.9 Å². The zero-order chi connectivity index (χ0) is 52.9. The van der Waals surface area contributed by atoms with Gasteiger partial charge in [-0.2, -0.15) is 0 Å². The number of ether oxygens (including phenoxy) is 1. The Morgan fingerprint density at radius 3 is 1.33 bits per heavy atom. The molecule has 0 spiro atoms. The minimum absolute atomic E-state index is 0.0260. The SMILES string of the molecule is CC/C=C/C/C=C/C/C=C/CCCCCCC(=O)NC(COP(=O)([O-])OCC[N+](C)(C)C)C(/C=C/CCCCCCCCCCCCC)OC(=O)CCCCCCCCCCCCCCCCCCCCC. The molecule has 422 valence electrons. The predicted molar refractivity (Wildman–Crippen MR) is 307 cm³/mol. The van der Waals surface area contributed by atoms with E-state index in [0.717, 1.165) is 83.5 Å². The number of hydrogen-bond donors (Lipinski definition) is 1. The second-order valence-electron chi connectivity index (χ2n) is 21.8. The van der Waals surface area contributed by atoms with Crippen molar-refractivity contribution in [2.24, 2.45) is 0 Å².